The monoisotopic (exact) mass is 251 g/mol. The normalized spacial score (nSPS) is 18.7. The van der Waals surface area contributed by atoms with Gasteiger partial charge in [0.2, 0.25) is 0 Å². The molecule has 0 aromatic carbocycles. The molecule has 1 rings (SSSR count). The molecule has 0 saturated heterocycles. The first-order valence-electron chi connectivity index (χ1n) is 5.01. The predicted octanol–water partition coefficient (Wildman–Crippen LogP) is 0.0276. The van der Waals surface area contributed by atoms with Crippen LogP contribution in [0.15, 0.2) is 0 Å². The van der Waals surface area contributed by atoms with Gasteiger partial charge in [-0.15, -0.1) is 0 Å². The fourth-order valence-corrected chi connectivity index (χ4v) is 2.82. The molecular weight excluding hydrogens is 234 g/mol. The SMILES string of the molecule is CCC(CC(N)=S)NS(=O)(=O)NC1CC1. The molecule has 0 aliphatic heterocycles. The number of nitrogens with one attached hydrogen (secondary N) is 2. The van der Waals surface area contributed by atoms with Crippen LogP contribution < -0.4 is 15.2 Å². The maximum Gasteiger partial charge on any atom is 0.277 e. The highest BCUT2D eigenvalue weighted by molar-refractivity contribution is 7.87. The Morgan fingerprint density at radius 3 is 2.60 bits per heavy atom. The standard InChI is InChI=1S/C8H17N3O2S2/c1-2-6(5-8(9)14)10-15(12,13)11-7-3-4-7/h6-7,10-11H,2-5H2,1H3,(H2,9,14). The van der Waals surface area contributed by atoms with Crippen molar-refractivity contribution in [1.29, 1.82) is 0 Å². The fraction of sp³-hybridized carbons (Fsp3) is 0.875. The maximum atomic E-state index is 11.5. The highest BCUT2D eigenvalue weighted by Gasteiger charge is 2.28. The molecule has 7 heteroatoms. The van der Waals surface area contributed by atoms with Gasteiger partial charge in [0.25, 0.3) is 10.2 Å². The van der Waals surface area contributed by atoms with E-state index in [1.54, 1.807) is 0 Å². The first-order chi connectivity index (χ1) is 6.93. The zero-order valence-electron chi connectivity index (χ0n) is 8.69. The lowest BCUT2D eigenvalue weighted by Gasteiger charge is -2.16. The van der Waals surface area contributed by atoms with E-state index in [2.05, 4.69) is 9.44 Å². The average molecular weight is 251 g/mol. The van der Waals surface area contributed by atoms with Crippen molar-refractivity contribution in [2.24, 2.45) is 5.73 Å². The van der Waals surface area contributed by atoms with E-state index in [4.69, 9.17) is 18.0 Å². The van der Waals surface area contributed by atoms with Gasteiger partial charge in [-0.25, -0.2) is 0 Å². The predicted molar refractivity (Wildman–Crippen MR) is 63.7 cm³/mol. The van der Waals surface area contributed by atoms with Gasteiger partial charge in [0.15, 0.2) is 0 Å². The minimum absolute atomic E-state index is 0.116. The van der Waals surface area contributed by atoms with Gasteiger partial charge in [-0.1, -0.05) is 19.1 Å². The molecule has 1 aliphatic rings. The van der Waals surface area contributed by atoms with E-state index in [1.807, 2.05) is 6.92 Å². The van der Waals surface area contributed by atoms with Gasteiger partial charge in [0, 0.05) is 18.5 Å². The molecule has 0 aromatic rings. The molecule has 4 N–H and O–H groups in total. The van der Waals surface area contributed by atoms with Gasteiger partial charge >= 0.3 is 0 Å². The summed E-state index contributed by atoms with van der Waals surface area (Å²) in [6.07, 6.45) is 2.92. The Hall–Kier alpha value is -0.240. The summed E-state index contributed by atoms with van der Waals surface area (Å²) < 4.78 is 28.1. The summed E-state index contributed by atoms with van der Waals surface area (Å²) in [5.74, 6) is 0. The molecule has 0 spiro atoms. The summed E-state index contributed by atoms with van der Waals surface area (Å²) in [5, 5.41) is 0. The van der Waals surface area contributed by atoms with Crippen LogP contribution in [0, 0.1) is 0 Å². The third-order valence-corrected chi connectivity index (χ3v) is 3.62. The van der Waals surface area contributed by atoms with Gasteiger partial charge in [-0.3, -0.25) is 0 Å². The topological polar surface area (TPSA) is 84.2 Å². The van der Waals surface area contributed by atoms with E-state index in [-0.39, 0.29) is 12.1 Å². The van der Waals surface area contributed by atoms with Crippen molar-refractivity contribution in [2.75, 3.05) is 0 Å². The molecule has 1 unspecified atom stereocenters. The Kier molecular flexibility index (Phi) is 4.45. The van der Waals surface area contributed by atoms with Crippen molar-refractivity contribution in [1.82, 2.24) is 9.44 Å². The Morgan fingerprint density at radius 2 is 2.20 bits per heavy atom. The molecule has 1 aliphatic carbocycles. The van der Waals surface area contributed by atoms with E-state index in [0.29, 0.717) is 17.8 Å². The van der Waals surface area contributed by atoms with E-state index in [9.17, 15) is 8.42 Å². The average Bonchev–Trinajstić information content (AvgIpc) is 2.84. The minimum Gasteiger partial charge on any atom is -0.393 e. The summed E-state index contributed by atoms with van der Waals surface area (Å²) in [6, 6.07) is -0.0939. The van der Waals surface area contributed by atoms with Crippen LogP contribution >= 0.6 is 12.2 Å². The molecule has 0 amide bonds. The van der Waals surface area contributed by atoms with Gasteiger partial charge in [0.1, 0.15) is 0 Å². The van der Waals surface area contributed by atoms with Crippen LogP contribution in [0.1, 0.15) is 32.6 Å². The summed E-state index contributed by atoms with van der Waals surface area (Å²) in [4.78, 5) is 0.330. The summed E-state index contributed by atoms with van der Waals surface area (Å²) in [6.45, 7) is 1.89. The molecule has 1 fully saturated rings. The van der Waals surface area contributed by atoms with Crippen LogP contribution in [0.5, 0.6) is 0 Å². The third kappa shape index (κ3) is 5.41. The van der Waals surface area contributed by atoms with Crippen LogP contribution in [0.2, 0.25) is 0 Å². The quantitative estimate of drug-likeness (QED) is 0.557. The molecule has 0 aromatic heterocycles. The lowest BCUT2D eigenvalue weighted by molar-refractivity contribution is 0.533. The highest BCUT2D eigenvalue weighted by atomic mass is 32.2. The first-order valence-corrected chi connectivity index (χ1v) is 6.90. The highest BCUT2D eigenvalue weighted by Crippen LogP contribution is 2.19. The first kappa shape index (κ1) is 12.8. The Morgan fingerprint density at radius 1 is 1.60 bits per heavy atom. The van der Waals surface area contributed by atoms with Crippen molar-refractivity contribution >= 4 is 27.4 Å². The minimum atomic E-state index is -3.39. The van der Waals surface area contributed by atoms with E-state index >= 15 is 0 Å². The van der Waals surface area contributed by atoms with Crippen molar-refractivity contribution in [2.45, 2.75) is 44.7 Å². The second-order valence-corrected chi connectivity index (χ2v) is 5.79. The zero-order valence-corrected chi connectivity index (χ0v) is 10.3. The third-order valence-electron chi connectivity index (χ3n) is 2.16. The van der Waals surface area contributed by atoms with E-state index < -0.39 is 10.2 Å². The lowest BCUT2D eigenvalue weighted by Crippen LogP contribution is -2.44. The molecule has 15 heavy (non-hydrogen) atoms. The lowest BCUT2D eigenvalue weighted by atomic mass is 10.2. The Labute approximate surface area is 96.0 Å². The molecule has 88 valence electrons. The number of nitrogens with two attached hydrogens (primary N) is 1. The molecule has 1 atom stereocenters. The fourth-order valence-electron chi connectivity index (χ4n) is 1.19. The number of hydrogen-bond acceptors (Lipinski definition) is 3. The number of rotatable bonds is 7. The Balaban J connectivity index is 2.44. The van der Waals surface area contributed by atoms with Gasteiger partial charge in [-0.2, -0.15) is 17.9 Å². The molecule has 1 saturated carbocycles. The van der Waals surface area contributed by atoms with Crippen molar-refractivity contribution < 1.29 is 8.42 Å². The summed E-state index contributed by atoms with van der Waals surface area (Å²) in [5.41, 5.74) is 5.38. The summed E-state index contributed by atoms with van der Waals surface area (Å²) >= 11 is 4.75. The van der Waals surface area contributed by atoms with Crippen LogP contribution in [-0.4, -0.2) is 25.5 Å². The molecule has 0 bridgehead atoms. The van der Waals surface area contributed by atoms with E-state index in [0.717, 1.165) is 12.8 Å². The second kappa shape index (κ2) is 5.20. The van der Waals surface area contributed by atoms with Gasteiger partial charge < -0.3 is 5.73 Å². The van der Waals surface area contributed by atoms with Crippen LogP contribution in [-0.2, 0) is 10.2 Å². The number of thiocarbonyl (C=S) groups is 1. The van der Waals surface area contributed by atoms with Crippen molar-refractivity contribution in [3.63, 3.8) is 0 Å². The van der Waals surface area contributed by atoms with Crippen LogP contribution in [0.4, 0.5) is 0 Å². The second-order valence-electron chi connectivity index (χ2n) is 3.79. The molecule has 0 heterocycles. The maximum absolute atomic E-state index is 11.5. The molecular formula is C8H17N3O2S2. The van der Waals surface area contributed by atoms with Crippen LogP contribution in [0.25, 0.3) is 0 Å². The largest absolute Gasteiger partial charge is 0.393 e. The Bertz CT molecular complexity index is 325. The van der Waals surface area contributed by atoms with Crippen molar-refractivity contribution in [3.8, 4) is 0 Å². The van der Waals surface area contributed by atoms with Gasteiger partial charge in [-0.05, 0) is 19.3 Å². The summed E-state index contributed by atoms with van der Waals surface area (Å²) in [7, 11) is -3.39. The van der Waals surface area contributed by atoms with Gasteiger partial charge in [0.05, 0.1) is 4.99 Å². The number of hydrogen-bond donors (Lipinski definition) is 3. The van der Waals surface area contributed by atoms with Crippen molar-refractivity contribution in [3.05, 3.63) is 0 Å². The molecule has 0 radical (unpaired) electrons. The van der Waals surface area contributed by atoms with Crippen LogP contribution in [0.3, 0.4) is 0 Å². The van der Waals surface area contributed by atoms with E-state index in [1.165, 1.54) is 0 Å². The zero-order chi connectivity index (χ0) is 11.5. The smallest absolute Gasteiger partial charge is 0.277 e. The molecule has 5 nitrogen and oxygen atoms in total.